The second kappa shape index (κ2) is 2.22. The van der Waals surface area contributed by atoms with Gasteiger partial charge in [-0.25, -0.2) is 0 Å². The summed E-state index contributed by atoms with van der Waals surface area (Å²) in [4.78, 5) is 0. The molecule has 2 aliphatic rings. The molecule has 1 atom stereocenters. The van der Waals surface area contributed by atoms with Gasteiger partial charge in [-0.2, -0.15) is 0 Å². The first-order valence-electron chi connectivity index (χ1n) is 4.79. The third kappa shape index (κ3) is 1.01. The molecule has 64 valence electrons. The fraction of sp³-hybridized carbons (Fsp3) is 1.00. The van der Waals surface area contributed by atoms with E-state index >= 15 is 0 Å². The Morgan fingerprint density at radius 2 is 2.00 bits per heavy atom. The first kappa shape index (κ1) is 7.60. The Hall–Kier alpha value is -0.0400. The average molecular weight is 154 g/mol. The van der Waals surface area contributed by atoms with E-state index in [-0.39, 0.29) is 0 Å². The molecule has 2 fully saturated rings. The Bertz CT molecular complexity index is 156. The summed E-state index contributed by atoms with van der Waals surface area (Å²) in [6.45, 7) is 5.06. The van der Waals surface area contributed by atoms with E-state index in [4.69, 9.17) is 5.11 Å². The minimum absolute atomic E-state index is 0.435. The predicted molar refractivity (Wildman–Crippen MR) is 45.2 cm³/mol. The summed E-state index contributed by atoms with van der Waals surface area (Å²) in [6.07, 6.45) is 4.11. The zero-order valence-electron chi connectivity index (χ0n) is 7.51. The van der Waals surface area contributed by atoms with Crippen LogP contribution in [0.15, 0.2) is 0 Å². The zero-order chi connectivity index (χ0) is 8.06. The summed E-state index contributed by atoms with van der Waals surface area (Å²) in [6, 6.07) is 0. The molecule has 0 heterocycles. The molecule has 1 nitrogen and oxygen atoms in total. The molecule has 1 unspecified atom stereocenters. The molecule has 0 aromatic carbocycles. The highest BCUT2D eigenvalue weighted by molar-refractivity contribution is 5.10. The van der Waals surface area contributed by atoms with Gasteiger partial charge in [0.2, 0.25) is 0 Å². The number of hydrogen-bond acceptors (Lipinski definition) is 1. The van der Waals surface area contributed by atoms with Gasteiger partial charge in [0.1, 0.15) is 0 Å². The van der Waals surface area contributed by atoms with E-state index in [1.807, 2.05) is 0 Å². The van der Waals surface area contributed by atoms with Gasteiger partial charge in [0.25, 0.3) is 0 Å². The van der Waals surface area contributed by atoms with Gasteiger partial charge in [-0.15, -0.1) is 0 Å². The second-order valence-electron chi connectivity index (χ2n) is 4.86. The smallest absolute Gasteiger partial charge is 0.0464 e. The quantitative estimate of drug-likeness (QED) is 0.645. The van der Waals surface area contributed by atoms with Gasteiger partial charge in [0.05, 0.1) is 0 Å². The Balaban J connectivity index is 1.81. The lowest BCUT2D eigenvalue weighted by Gasteiger charge is -2.39. The third-order valence-electron chi connectivity index (χ3n) is 3.86. The van der Waals surface area contributed by atoms with Crippen LogP contribution in [0.5, 0.6) is 0 Å². The molecule has 0 bridgehead atoms. The highest BCUT2D eigenvalue weighted by Gasteiger charge is 2.60. The number of hydrogen-bond donors (Lipinski definition) is 1. The monoisotopic (exact) mass is 154 g/mol. The molecular weight excluding hydrogens is 136 g/mol. The van der Waals surface area contributed by atoms with E-state index < -0.39 is 0 Å². The third-order valence-corrected chi connectivity index (χ3v) is 3.86. The molecule has 1 heteroatoms. The van der Waals surface area contributed by atoms with Crippen molar-refractivity contribution in [2.75, 3.05) is 6.61 Å². The number of aliphatic hydroxyl groups excluding tert-OH is 1. The topological polar surface area (TPSA) is 20.2 Å². The molecule has 1 N–H and O–H groups in total. The first-order chi connectivity index (χ1) is 5.18. The van der Waals surface area contributed by atoms with E-state index in [9.17, 15) is 0 Å². The van der Waals surface area contributed by atoms with E-state index in [1.165, 1.54) is 19.3 Å². The number of aliphatic hydroxyl groups is 1. The molecule has 0 aromatic heterocycles. The summed E-state index contributed by atoms with van der Waals surface area (Å²) in [5.74, 6) is 2.50. The molecule has 0 saturated heterocycles. The zero-order valence-corrected chi connectivity index (χ0v) is 7.51. The van der Waals surface area contributed by atoms with Crippen LogP contribution in [-0.2, 0) is 0 Å². The van der Waals surface area contributed by atoms with Gasteiger partial charge in [-0.1, -0.05) is 13.8 Å². The van der Waals surface area contributed by atoms with Gasteiger partial charge in [-0.05, 0) is 42.4 Å². The SMILES string of the molecule is CC(C)C1CC2(C1)CC2CO. The summed E-state index contributed by atoms with van der Waals surface area (Å²) in [5, 5.41) is 8.93. The maximum Gasteiger partial charge on any atom is 0.0464 e. The maximum atomic E-state index is 8.93. The van der Waals surface area contributed by atoms with Crippen LogP contribution >= 0.6 is 0 Å². The number of rotatable bonds is 2. The molecular formula is C10H18O. The van der Waals surface area contributed by atoms with Gasteiger partial charge < -0.3 is 5.11 Å². The van der Waals surface area contributed by atoms with E-state index in [0.717, 1.165) is 11.8 Å². The molecule has 0 radical (unpaired) electrons. The van der Waals surface area contributed by atoms with Gasteiger partial charge in [-0.3, -0.25) is 0 Å². The Labute approximate surface area is 68.8 Å². The normalized spacial score (nSPS) is 48.0. The first-order valence-corrected chi connectivity index (χ1v) is 4.79. The van der Waals surface area contributed by atoms with E-state index in [0.29, 0.717) is 17.9 Å². The van der Waals surface area contributed by atoms with Crippen molar-refractivity contribution < 1.29 is 5.11 Å². The summed E-state index contributed by atoms with van der Waals surface area (Å²) in [7, 11) is 0. The van der Waals surface area contributed by atoms with Crippen molar-refractivity contribution in [3.8, 4) is 0 Å². The van der Waals surface area contributed by atoms with E-state index in [1.54, 1.807) is 0 Å². The Morgan fingerprint density at radius 3 is 2.36 bits per heavy atom. The maximum absolute atomic E-state index is 8.93. The lowest BCUT2D eigenvalue weighted by molar-refractivity contribution is 0.0912. The largest absolute Gasteiger partial charge is 0.396 e. The Morgan fingerprint density at radius 1 is 1.36 bits per heavy atom. The van der Waals surface area contributed by atoms with Gasteiger partial charge >= 0.3 is 0 Å². The van der Waals surface area contributed by atoms with Gasteiger partial charge in [0.15, 0.2) is 0 Å². The fourth-order valence-electron chi connectivity index (χ4n) is 2.65. The molecule has 2 saturated carbocycles. The van der Waals surface area contributed by atoms with E-state index in [2.05, 4.69) is 13.8 Å². The molecule has 0 aromatic rings. The highest BCUT2D eigenvalue weighted by Crippen LogP contribution is 2.68. The van der Waals surface area contributed by atoms with Crippen LogP contribution in [-0.4, -0.2) is 11.7 Å². The predicted octanol–water partition coefficient (Wildman–Crippen LogP) is 2.05. The van der Waals surface area contributed by atoms with Crippen LogP contribution in [0.4, 0.5) is 0 Å². The van der Waals surface area contributed by atoms with Crippen LogP contribution in [0.25, 0.3) is 0 Å². The van der Waals surface area contributed by atoms with Crippen molar-refractivity contribution in [1.82, 2.24) is 0 Å². The molecule has 2 rings (SSSR count). The van der Waals surface area contributed by atoms with Crippen molar-refractivity contribution in [2.24, 2.45) is 23.2 Å². The summed E-state index contributed by atoms with van der Waals surface area (Å²) in [5.41, 5.74) is 0.643. The molecule has 11 heavy (non-hydrogen) atoms. The molecule has 0 amide bonds. The van der Waals surface area contributed by atoms with Crippen molar-refractivity contribution in [3.05, 3.63) is 0 Å². The van der Waals surface area contributed by atoms with Gasteiger partial charge in [0, 0.05) is 6.61 Å². The van der Waals surface area contributed by atoms with Crippen LogP contribution in [0.3, 0.4) is 0 Å². The molecule has 0 aliphatic heterocycles. The van der Waals surface area contributed by atoms with Crippen LogP contribution in [0.2, 0.25) is 0 Å². The van der Waals surface area contributed by atoms with Crippen molar-refractivity contribution in [1.29, 1.82) is 0 Å². The van der Waals surface area contributed by atoms with Crippen LogP contribution in [0.1, 0.15) is 33.1 Å². The van der Waals surface area contributed by atoms with Crippen LogP contribution < -0.4 is 0 Å². The fourth-order valence-corrected chi connectivity index (χ4v) is 2.65. The molecule has 2 aliphatic carbocycles. The lowest BCUT2D eigenvalue weighted by Crippen LogP contribution is -2.31. The summed E-state index contributed by atoms with van der Waals surface area (Å²) < 4.78 is 0. The summed E-state index contributed by atoms with van der Waals surface area (Å²) >= 11 is 0. The van der Waals surface area contributed by atoms with Crippen molar-refractivity contribution >= 4 is 0 Å². The highest BCUT2D eigenvalue weighted by atomic mass is 16.3. The average Bonchev–Trinajstić information content (AvgIpc) is 2.57. The van der Waals surface area contributed by atoms with Crippen molar-refractivity contribution in [2.45, 2.75) is 33.1 Å². The molecule has 1 spiro atoms. The van der Waals surface area contributed by atoms with Crippen molar-refractivity contribution in [3.63, 3.8) is 0 Å². The minimum atomic E-state index is 0.435. The lowest BCUT2D eigenvalue weighted by atomic mass is 9.66. The van der Waals surface area contributed by atoms with Crippen LogP contribution in [0, 0.1) is 23.2 Å². The Kier molecular flexibility index (Phi) is 1.54. The standard InChI is InChI=1S/C10H18O/c1-7(2)8-3-10(4-8)5-9(10)6-11/h7-9,11H,3-6H2,1-2H3. The second-order valence-corrected chi connectivity index (χ2v) is 4.86. The minimum Gasteiger partial charge on any atom is -0.396 e.